The molecule has 0 bridgehead atoms. The quantitative estimate of drug-likeness (QED) is 0.579. The van der Waals surface area contributed by atoms with E-state index in [0.29, 0.717) is 29.5 Å². The van der Waals surface area contributed by atoms with Crippen molar-refractivity contribution in [3.63, 3.8) is 0 Å². The van der Waals surface area contributed by atoms with Crippen molar-refractivity contribution < 1.29 is 23.8 Å². The van der Waals surface area contributed by atoms with Crippen LogP contribution < -0.4 is 15.5 Å². The third-order valence-electron chi connectivity index (χ3n) is 5.00. The number of oxime groups is 1. The number of hydrogen-bond acceptors (Lipinski definition) is 10. The number of aromatic nitrogens is 2. The molecule has 4 rings (SSSR count). The molecule has 0 saturated heterocycles. The van der Waals surface area contributed by atoms with Crippen molar-refractivity contribution in [2.24, 2.45) is 5.16 Å². The van der Waals surface area contributed by atoms with Gasteiger partial charge in [-0.1, -0.05) is 22.8 Å². The van der Waals surface area contributed by atoms with Crippen molar-refractivity contribution in [3.8, 4) is 0 Å². The molecule has 0 unspecified atom stereocenters. The van der Waals surface area contributed by atoms with E-state index in [1.54, 1.807) is 30.2 Å². The lowest BCUT2D eigenvalue weighted by molar-refractivity contribution is 0.0494. The number of nitrogens with zero attached hydrogens (tertiary/aromatic N) is 4. The average molecular weight is 475 g/mol. The summed E-state index contributed by atoms with van der Waals surface area (Å²) in [5.74, 6) is 2.04. The van der Waals surface area contributed by atoms with E-state index in [-0.39, 0.29) is 23.0 Å². The third kappa shape index (κ3) is 5.27. The smallest absolute Gasteiger partial charge is 0.408 e. The molecule has 174 valence electrons. The third-order valence-corrected chi connectivity index (χ3v) is 5.24. The van der Waals surface area contributed by atoms with Gasteiger partial charge in [-0.15, -0.1) is 0 Å². The van der Waals surface area contributed by atoms with Crippen LogP contribution in [0.5, 0.6) is 0 Å². The Morgan fingerprint density at radius 2 is 2.12 bits per heavy atom. The average Bonchev–Trinajstić information content (AvgIpc) is 3.14. The van der Waals surface area contributed by atoms with E-state index >= 15 is 0 Å². The lowest BCUT2D eigenvalue weighted by atomic mass is 10.1. The Labute approximate surface area is 194 Å². The van der Waals surface area contributed by atoms with Gasteiger partial charge in [0.05, 0.1) is 5.69 Å². The van der Waals surface area contributed by atoms with Crippen LogP contribution in [0, 0.1) is 0 Å². The number of alkyl carbamates (subject to hydrolysis) is 1. The van der Waals surface area contributed by atoms with E-state index in [4.69, 9.17) is 25.8 Å². The largest absolute Gasteiger partial charge is 0.444 e. The fourth-order valence-electron chi connectivity index (χ4n) is 3.31. The van der Waals surface area contributed by atoms with Crippen LogP contribution in [0.15, 0.2) is 39.9 Å². The van der Waals surface area contributed by atoms with Gasteiger partial charge in [-0.05, 0) is 68.5 Å². The second kappa shape index (κ2) is 8.76. The predicted octanol–water partition coefficient (Wildman–Crippen LogP) is 3.45. The van der Waals surface area contributed by atoms with E-state index < -0.39 is 11.7 Å². The van der Waals surface area contributed by atoms with Crippen LogP contribution in [0.25, 0.3) is 0 Å². The highest BCUT2D eigenvalue weighted by Crippen LogP contribution is 2.39. The number of hydrogen-bond donors (Lipinski definition) is 2. The molecule has 1 aromatic carbocycles. The fraction of sp³-hybridized carbons (Fsp3) is 0.429. The van der Waals surface area contributed by atoms with Crippen LogP contribution in [0.4, 0.5) is 16.3 Å². The van der Waals surface area contributed by atoms with E-state index in [1.165, 1.54) is 4.90 Å². The summed E-state index contributed by atoms with van der Waals surface area (Å²) in [6.45, 7) is 5.93. The molecule has 33 heavy (non-hydrogen) atoms. The van der Waals surface area contributed by atoms with Crippen LogP contribution in [0.1, 0.15) is 45.7 Å². The Balaban J connectivity index is 1.43. The van der Waals surface area contributed by atoms with E-state index in [1.807, 2.05) is 20.8 Å². The van der Waals surface area contributed by atoms with Gasteiger partial charge in [0.2, 0.25) is 11.7 Å². The fourth-order valence-corrected chi connectivity index (χ4v) is 3.50. The number of halogens is 1. The number of ether oxygens (including phenoxy) is 1. The Morgan fingerprint density at radius 1 is 1.33 bits per heavy atom. The number of amidine groups is 1. The van der Waals surface area contributed by atoms with Crippen LogP contribution >= 0.6 is 11.6 Å². The zero-order valence-corrected chi connectivity index (χ0v) is 19.1. The van der Waals surface area contributed by atoms with Crippen molar-refractivity contribution >= 4 is 41.0 Å². The Hall–Kier alpha value is -3.56. The van der Waals surface area contributed by atoms with E-state index in [0.717, 1.165) is 12.8 Å². The SMILES string of the molecule is CC(C)(C)OC(=O)NC1(CCNc2nonc2C2=NOC(=C=O)N2c2cccc(Cl)c2)CC1. The van der Waals surface area contributed by atoms with Gasteiger partial charge in [-0.2, -0.15) is 0 Å². The van der Waals surface area contributed by atoms with Gasteiger partial charge in [0.15, 0.2) is 11.6 Å². The molecule has 1 saturated carbocycles. The normalized spacial score (nSPS) is 16.5. The first-order valence-electron chi connectivity index (χ1n) is 10.3. The highest BCUT2D eigenvalue weighted by molar-refractivity contribution is 6.31. The topological polar surface area (TPSA) is 131 Å². The molecule has 2 heterocycles. The van der Waals surface area contributed by atoms with Gasteiger partial charge in [0.1, 0.15) is 5.60 Å². The maximum absolute atomic E-state index is 12.1. The van der Waals surface area contributed by atoms with Gasteiger partial charge in [-0.25, -0.2) is 19.1 Å². The summed E-state index contributed by atoms with van der Waals surface area (Å²) in [7, 11) is 0. The van der Waals surface area contributed by atoms with Crippen molar-refractivity contribution in [2.45, 2.75) is 51.2 Å². The van der Waals surface area contributed by atoms with Crippen LogP contribution in [-0.4, -0.2) is 45.9 Å². The van der Waals surface area contributed by atoms with Crippen molar-refractivity contribution in [1.29, 1.82) is 0 Å². The zero-order valence-electron chi connectivity index (χ0n) is 18.3. The first-order valence-corrected chi connectivity index (χ1v) is 10.7. The lowest BCUT2D eigenvalue weighted by Crippen LogP contribution is -2.41. The number of rotatable bonds is 7. The second-order valence-electron chi connectivity index (χ2n) is 8.77. The molecule has 2 aromatic rings. The van der Waals surface area contributed by atoms with Crippen LogP contribution in [-0.2, 0) is 14.4 Å². The molecule has 12 heteroatoms. The van der Waals surface area contributed by atoms with Gasteiger partial charge in [0.25, 0.3) is 0 Å². The summed E-state index contributed by atoms with van der Waals surface area (Å²) >= 11 is 6.09. The van der Waals surface area contributed by atoms with Gasteiger partial charge < -0.3 is 20.2 Å². The van der Waals surface area contributed by atoms with Crippen LogP contribution in [0.2, 0.25) is 5.02 Å². The summed E-state index contributed by atoms with van der Waals surface area (Å²) in [5.41, 5.74) is -0.108. The minimum absolute atomic E-state index is 0.167. The molecule has 0 spiro atoms. The molecule has 0 atom stereocenters. The number of nitrogens with one attached hydrogen (secondary N) is 2. The number of anilines is 2. The molecule has 1 aliphatic heterocycles. The number of amides is 1. The predicted molar refractivity (Wildman–Crippen MR) is 119 cm³/mol. The highest BCUT2D eigenvalue weighted by Gasteiger charge is 2.44. The van der Waals surface area contributed by atoms with Gasteiger partial charge in [0, 0.05) is 17.1 Å². The molecule has 1 fully saturated rings. The summed E-state index contributed by atoms with van der Waals surface area (Å²) in [4.78, 5) is 30.0. The van der Waals surface area contributed by atoms with Crippen LogP contribution in [0.3, 0.4) is 0 Å². The molecule has 0 radical (unpaired) electrons. The number of carbonyl (C=O) groups excluding carboxylic acids is 2. The first kappa shape index (κ1) is 22.6. The summed E-state index contributed by atoms with van der Waals surface area (Å²) in [5, 5.41) is 18.3. The molecule has 1 aromatic heterocycles. The Morgan fingerprint density at radius 3 is 2.79 bits per heavy atom. The first-order chi connectivity index (χ1) is 15.7. The van der Waals surface area contributed by atoms with Gasteiger partial charge in [-0.3, -0.25) is 0 Å². The molecule has 2 N–H and O–H groups in total. The lowest BCUT2D eigenvalue weighted by Gasteiger charge is -2.23. The molecular formula is C21H23ClN6O5. The Kier molecular flexibility index (Phi) is 6.01. The summed E-state index contributed by atoms with van der Waals surface area (Å²) < 4.78 is 10.3. The molecule has 1 amide bonds. The number of benzene rings is 1. The van der Waals surface area contributed by atoms with Crippen molar-refractivity contribution in [2.75, 3.05) is 16.8 Å². The zero-order chi connectivity index (χ0) is 23.6. The molecule has 1 aliphatic carbocycles. The van der Waals surface area contributed by atoms with Crippen molar-refractivity contribution in [3.05, 3.63) is 40.9 Å². The molecule has 2 aliphatic rings. The maximum atomic E-state index is 12.1. The van der Waals surface area contributed by atoms with Gasteiger partial charge >= 0.3 is 12.0 Å². The van der Waals surface area contributed by atoms with Crippen molar-refractivity contribution in [1.82, 2.24) is 15.6 Å². The summed E-state index contributed by atoms with van der Waals surface area (Å²) in [6.07, 6.45) is 1.91. The standard InChI is InChI=1S/C21H23ClN6O5/c1-20(2,3)31-19(30)24-21(7-8-21)9-10-23-17-16(25-33-26-17)18-27-32-15(12-29)28(18)14-6-4-5-13(22)11-14/h4-6,11H,7-10H2,1-3H3,(H,23,26)(H,24,30). The minimum atomic E-state index is -0.562. The second-order valence-corrected chi connectivity index (χ2v) is 9.21. The maximum Gasteiger partial charge on any atom is 0.408 e. The Bertz CT molecular complexity index is 1130. The van der Waals surface area contributed by atoms with E-state index in [9.17, 15) is 9.59 Å². The molecule has 11 nitrogen and oxygen atoms in total. The van der Waals surface area contributed by atoms with E-state index in [2.05, 4.69) is 26.1 Å². The monoisotopic (exact) mass is 474 g/mol. The number of carbonyl (C=O) groups is 1. The summed E-state index contributed by atoms with van der Waals surface area (Å²) in [6, 6.07) is 6.80. The molecular weight excluding hydrogens is 452 g/mol. The minimum Gasteiger partial charge on any atom is -0.444 e. The highest BCUT2D eigenvalue weighted by atomic mass is 35.5.